The topological polar surface area (TPSA) is 50.8 Å². The third kappa shape index (κ3) is 3.93. The van der Waals surface area contributed by atoms with Crippen LogP contribution < -0.4 is 19.7 Å². The molecule has 0 aromatic heterocycles. The molecule has 0 aliphatic carbocycles. The molecule has 0 saturated carbocycles. The van der Waals surface area contributed by atoms with Gasteiger partial charge < -0.3 is 19.7 Å². The highest BCUT2D eigenvalue weighted by Gasteiger charge is 2.16. The molecule has 0 fully saturated rings. The van der Waals surface area contributed by atoms with Gasteiger partial charge in [-0.25, -0.2) is 0 Å². The SMILES string of the molecule is CCN(c1ccc(C(=O)NCc2cccc3c2OCCO3)cc1)C(C)C. The van der Waals surface area contributed by atoms with Crippen LogP contribution in [0.25, 0.3) is 0 Å². The van der Waals surface area contributed by atoms with Crippen molar-refractivity contribution in [2.45, 2.75) is 33.4 Å². The van der Waals surface area contributed by atoms with Crippen LogP contribution in [0.3, 0.4) is 0 Å². The van der Waals surface area contributed by atoms with Crippen molar-refractivity contribution in [1.29, 1.82) is 0 Å². The predicted octanol–water partition coefficient (Wildman–Crippen LogP) is 3.62. The summed E-state index contributed by atoms with van der Waals surface area (Å²) in [7, 11) is 0. The number of rotatable bonds is 6. The average Bonchev–Trinajstić information content (AvgIpc) is 2.67. The number of ether oxygens (including phenoxy) is 2. The summed E-state index contributed by atoms with van der Waals surface area (Å²) in [5, 5.41) is 2.96. The van der Waals surface area contributed by atoms with Crippen molar-refractivity contribution in [3.8, 4) is 11.5 Å². The number of carbonyl (C=O) groups is 1. The van der Waals surface area contributed by atoms with Gasteiger partial charge in [0.05, 0.1) is 0 Å². The summed E-state index contributed by atoms with van der Waals surface area (Å²) in [4.78, 5) is 14.8. The van der Waals surface area contributed by atoms with Gasteiger partial charge in [0.15, 0.2) is 11.5 Å². The van der Waals surface area contributed by atoms with Gasteiger partial charge in [0, 0.05) is 35.9 Å². The molecule has 138 valence electrons. The molecule has 0 radical (unpaired) electrons. The summed E-state index contributed by atoms with van der Waals surface area (Å²) in [6.07, 6.45) is 0. The Balaban J connectivity index is 1.66. The molecule has 0 unspecified atom stereocenters. The first-order valence-electron chi connectivity index (χ1n) is 9.12. The molecular weight excluding hydrogens is 328 g/mol. The fourth-order valence-electron chi connectivity index (χ4n) is 3.20. The van der Waals surface area contributed by atoms with Crippen LogP contribution in [-0.4, -0.2) is 31.7 Å². The number of fused-ring (bicyclic) bond motifs is 1. The minimum Gasteiger partial charge on any atom is -0.486 e. The molecule has 0 spiro atoms. The van der Waals surface area contributed by atoms with Crippen LogP contribution in [-0.2, 0) is 6.54 Å². The number of nitrogens with zero attached hydrogens (tertiary/aromatic N) is 1. The second-order valence-electron chi connectivity index (χ2n) is 6.55. The largest absolute Gasteiger partial charge is 0.486 e. The summed E-state index contributed by atoms with van der Waals surface area (Å²) < 4.78 is 11.3. The van der Waals surface area contributed by atoms with E-state index in [2.05, 4.69) is 31.0 Å². The highest BCUT2D eigenvalue weighted by atomic mass is 16.6. The van der Waals surface area contributed by atoms with Crippen molar-refractivity contribution in [2.24, 2.45) is 0 Å². The van der Waals surface area contributed by atoms with E-state index in [9.17, 15) is 4.79 Å². The highest BCUT2D eigenvalue weighted by Crippen LogP contribution is 2.33. The van der Waals surface area contributed by atoms with E-state index < -0.39 is 0 Å². The number of nitrogens with one attached hydrogen (secondary N) is 1. The molecule has 26 heavy (non-hydrogen) atoms. The van der Waals surface area contributed by atoms with Crippen LogP contribution in [0, 0.1) is 0 Å². The van der Waals surface area contributed by atoms with E-state index in [4.69, 9.17) is 9.47 Å². The molecular formula is C21H26N2O3. The maximum absolute atomic E-state index is 12.5. The lowest BCUT2D eigenvalue weighted by molar-refractivity contribution is 0.0950. The smallest absolute Gasteiger partial charge is 0.251 e. The van der Waals surface area contributed by atoms with Crippen LogP contribution in [0.4, 0.5) is 5.69 Å². The van der Waals surface area contributed by atoms with E-state index in [1.165, 1.54) is 0 Å². The molecule has 0 saturated heterocycles. The molecule has 1 heterocycles. The first-order chi connectivity index (χ1) is 12.6. The van der Waals surface area contributed by atoms with Crippen LogP contribution >= 0.6 is 0 Å². The Hall–Kier alpha value is -2.69. The van der Waals surface area contributed by atoms with Crippen LogP contribution in [0.15, 0.2) is 42.5 Å². The lowest BCUT2D eigenvalue weighted by atomic mass is 10.1. The van der Waals surface area contributed by atoms with Gasteiger partial charge in [-0.05, 0) is 51.1 Å². The first-order valence-corrected chi connectivity index (χ1v) is 9.12. The molecule has 5 nitrogen and oxygen atoms in total. The van der Waals surface area contributed by atoms with Gasteiger partial charge >= 0.3 is 0 Å². The molecule has 0 bridgehead atoms. The molecule has 1 N–H and O–H groups in total. The third-order valence-electron chi connectivity index (χ3n) is 4.51. The van der Waals surface area contributed by atoms with E-state index in [1.807, 2.05) is 42.5 Å². The van der Waals surface area contributed by atoms with Crippen molar-refractivity contribution in [3.63, 3.8) is 0 Å². The number of hydrogen-bond acceptors (Lipinski definition) is 4. The van der Waals surface area contributed by atoms with E-state index in [-0.39, 0.29) is 5.91 Å². The molecule has 3 rings (SSSR count). The number of carbonyl (C=O) groups excluding carboxylic acids is 1. The summed E-state index contributed by atoms with van der Waals surface area (Å²) in [6.45, 7) is 8.88. The molecule has 5 heteroatoms. The van der Waals surface area contributed by atoms with Gasteiger partial charge in [0.2, 0.25) is 0 Å². The molecule has 1 amide bonds. The minimum atomic E-state index is -0.0986. The lowest BCUT2D eigenvalue weighted by Gasteiger charge is -2.27. The van der Waals surface area contributed by atoms with Gasteiger partial charge in [-0.15, -0.1) is 0 Å². The predicted molar refractivity (Wildman–Crippen MR) is 103 cm³/mol. The number of hydrogen-bond donors (Lipinski definition) is 1. The Kier molecular flexibility index (Phi) is 5.66. The number of amides is 1. The fraction of sp³-hybridized carbons (Fsp3) is 0.381. The van der Waals surface area contributed by atoms with Crippen LogP contribution in [0.5, 0.6) is 11.5 Å². The Morgan fingerprint density at radius 2 is 1.85 bits per heavy atom. The van der Waals surface area contributed by atoms with Crippen molar-refractivity contribution < 1.29 is 14.3 Å². The van der Waals surface area contributed by atoms with Gasteiger partial charge in [0.25, 0.3) is 5.91 Å². The van der Waals surface area contributed by atoms with E-state index in [1.54, 1.807) is 0 Å². The van der Waals surface area contributed by atoms with Crippen LogP contribution in [0.1, 0.15) is 36.7 Å². The van der Waals surface area contributed by atoms with E-state index in [0.29, 0.717) is 31.4 Å². The Labute approximate surface area is 154 Å². The minimum absolute atomic E-state index is 0.0986. The maximum Gasteiger partial charge on any atom is 0.251 e. The Morgan fingerprint density at radius 3 is 2.54 bits per heavy atom. The van der Waals surface area contributed by atoms with Crippen molar-refractivity contribution in [1.82, 2.24) is 5.32 Å². The molecule has 2 aromatic rings. The highest BCUT2D eigenvalue weighted by molar-refractivity contribution is 5.94. The normalized spacial score (nSPS) is 12.8. The van der Waals surface area contributed by atoms with Crippen molar-refractivity contribution >= 4 is 11.6 Å². The first kappa shape index (κ1) is 18.1. The Morgan fingerprint density at radius 1 is 1.12 bits per heavy atom. The second-order valence-corrected chi connectivity index (χ2v) is 6.55. The third-order valence-corrected chi connectivity index (χ3v) is 4.51. The van der Waals surface area contributed by atoms with Crippen molar-refractivity contribution in [3.05, 3.63) is 53.6 Å². The zero-order chi connectivity index (χ0) is 18.5. The van der Waals surface area contributed by atoms with E-state index >= 15 is 0 Å². The molecule has 1 aliphatic heterocycles. The summed E-state index contributed by atoms with van der Waals surface area (Å²) in [5.74, 6) is 1.36. The van der Waals surface area contributed by atoms with Gasteiger partial charge in [-0.2, -0.15) is 0 Å². The lowest BCUT2D eigenvalue weighted by Crippen LogP contribution is -2.30. The second kappa shape index (κ2) is 8.13. The monoisotopic (exact) mass is 354 g/mol. The van der Waals surface area contributed by atoms with Gasteiger partial charge in [0.1, 0.15) is 13.2 Å². The zero-order valence-electron chi connectivity index (χ0n) is 15.6. The summed E-state index contributed by atoms with van der Waals surface area (Å²) in [5.41, 5.74) is 2.70. The molecule has 1 aliphatic rings. The maximum atomic E-state index is 12.5. The number of anilines is 1. The Bertz CT molecular complexity index is 756. The number of para-hydroxylation sites is 1. The van der Waals surface area contributed by atoms with E-state index in [0.717, 1.165) is 29.3 Å². The zero-order valence-corrected chi connectivity index (χ0v) is 15.6. The standard InChI is InChI=1S/C21H26N2O3/c1-4-23(15(2)3)18-10-8-16(9-11-18)21(24)22-14-17-6-5-7-19-20(17)26-13-12-25-19/h5-11,15H,4,12-14H2,1-3H3,(H,22,24). The average molecular weight is 354 g/mol. The molecule has 0 atom stereocenters. The van der Waals surface area contributed by atoms with Crippen LogP contribution in [0.2, 0.25) is 0 Å². The summed E-state index contributed by atoms with van der Waals surface area (Å²) in [6, 6.07) is 13.9. The fourth-order valence-corrected chi connectivity index (χ4v) is 3.20. The number of benzene rings is 2. The summed E-state index contributed by atoms with van der Waals surface area (Å²) >= 11 is 0. The molecule has 2 aromatic carbocycles. The van der Waals surface area contributed by atoms with Gasteiger partial charge in [-0.3, -0.25) is 4.79 Å². The van der Waals surface area contributed by atoms with Gasteiger partial charge in [-0.1, -0.05) is 12.1 Å². The van der Waals surface area contributed by atoms with Crippen molar-refractivity contribution in [2.75, 3.05) is 24.7 Å². The quantitative estimate of drug-likeness (QED) is 0.861.